The second-order valence-electron chi connectivity index (χ2n) is 8.06. The first-order chi connectivity index (χ1) is 13.8. The van der Waals surface area contributed by atoms with Crippen LogP contribution in [0, 0.1) is 19.3 Å². The van der Waals surface area contributed by atoms with Crippen molar-refractivity contribution in [3.63, 3.8) is 0 Å². The number of rotatable bonds is 8. The number of aromatic nitrogens is 2. The highest BCUT2D eigenvalue weighted by Gasteiger charge is 2.28. The summed E-state index contributed by atoms with van der Waals surface area (Å²) in [5, 5.41) is 16.8. The van der Waals surface area contributed by atoms with E-state index in [-0.39, 0.29) is 0 Å². The third kappa shape index (κ3) is 5.09. The monoisotopic (exact) mass is 393 g/mol. The van der Waals surface area contributed by atoms with Crippen molar-refractivity contribution < 1.29 is 14.4 Å². The van der Waals surface area contributed by atoms with Crippen molar-refractivity contribution in [1.29, 1.82) is 0 Å². The number of carboxylic acids is 1. The predicted octanol–water partition coefficient (Wildman–Crippen LogP) is 4.30. The maximum absolute atomic E-state index is 11.5. The van der Waals surface area contributed by atoms with Crippen molar-refractivity contribution >= 4 is 5.97 Å². The molecule has 0 fully saturated rings. The van der Waals surface area contributed by atoms with Gasteiger partial charge in [-0.2, -0.15) is 4.98 Å². The van der Waals surface area contributed by atoms with E-state index in [4.69, 9.17) is 4.52 Å². The van der Waals surface area contributed by atoms with Gasteiger partial charge in [0.1, 0.15) is 0 Å². The van der Waals surface area contributed by atoms with Crippen molar-refractivity contribution in [3.8, 4) is 11.4 Å². The number of carboxylic acid groups (broad SMARTS) is 1. The zero-order chi connectivity index (χ0) is 21.0. The number of hydrogen-bond acceptors (Lipinski definition) is 5. The molecule has 0 aliphatic carbocycles. The Morgan fingerprint density at radius 2 is 1.76 bits per heavy atom. The average Bonchev–Trinajstić information content (AvgIpc) is 3.14. The highest BCUT2D eigenvalue weighted by atomic mass is 16.5. The number of nitrogens with zero attached hydrogens (tertiary/aromatic N) is 2. The van der Waals surface area contributed by atoms with Gasteiger partial charge >= 0.3 is 5.97 Å². The first-order valence-electron chi connectivity index (χ1n) is 9.67. The van der Waals surface area contributed by atoms with Crippen LogP contribution in [0.5, 0.6) is 0 Å². The van der Waals surface area contributed by atoms with E-state index < -0.39 is 11.4 Å². The van der Waals surface area contributed by atoms with Crippen molar-refractivity contribution in [2.75, 3.05) is 0 Å². The first-order valence-corrected chi connectivity index (χ1v) is 9.67. The molecule has 6 heteroatoms. The van der Waals surface area contributed by atoms with Crippen LogP contribution in [0.3, 0.4) is 0 Å². The Kier molecular flexibility index (Phi) is 6.13. The van der Waals surface area contributed by atoms with E-state index in [1.165, 1.54) is 0 Å². The predicted molar refractivity (Wildman–Crippen MR) is 111 cm³/mol. The molecule has 1 aromatic heterocycles. The molecule has 0 spiro atoms. The van der Waals surface area contributed by atoms with E-state index in [2.05, 4.69) is 27.6 Å². The second kappa shape index (κ2) is 8.57. The van der Waals surface area contributed by atoms with E-state index >= 15 is 0 Å². The number of benzene rings is 2. The molecule has 0 radical (unpaired) electrons. The largest absolute Gasteiger partial charge is 0.481 e. The van der Waals surface area contributed by atoms with Crippen LogP contribution in [0.2, 0.25) is 0 Å². The Morgan fingerprint density at radius 1 is 1.10 bits per heavy atom. The normalized spacial score (nSPS) is 11.6. The molecule has 152 valence electrons. The standard InChI is InChI=1S/C23H27N3O3/c1-15-10-17(11-16(2)19(15)12-23(3,4)22(27)28)13-24-14-20-25-21(26-29-20)18-8-6-5-7-9-18/h5-11,24H,12-14H2,1-4H3,(H,27,28). The highest BCUT2D eigenvalue weighted by molar-refractivity contribution is 5.74. The van der Waals surface area contributed by atoms with Crippen LogP contribution >= 0.6 is 0 Å². The Morgan fingerprint density at radius 3 is 2.38 bits per heavy atom. The number of aryl methyl sites for hydroxylation is 2. The molecule has 29 heavy (non-hydrogen) atoms. The highest BCUT2D eigenvalue weighted by Crippen LogP contribution is 2.27. The van der Waals surface area contributed by atoms with E-state index in [0.29, 0.717) is 31.2 Å². The number of nitrogens with one attached hydrogen (secondary N) is 1. The molecule has 3 aromatic rings. The van der Waals surface area contributed by atoms with Crippen molar-refractivity contribution in [2.45, 2.75) is 47.2 Å². The van der Waals surface area contributed by atoms with Crippen LogP contribution in [-0.4, -0.2) is 21.2 Å². The minimum atomic E-state index is -0.788. The van der Waals surface area contributed by atoms with Gasteiger partial charge in [0.05, 0.1) is 12.0 Å². The summed E-state index contributed by atoms with van der Waals surface area (Å²) in [6.45, 7) is 8.73. The molecule has 3 rings (SSSR count). The summed E-state index contributed by atoms with van der Waals surface area (Å²) < 4.78 is 5.32. The first kappa shape index (κ1) is 20.7. The van der Waals surface area contributed by atoms with Crippen molar-refractivity contribution in [1.82, 2.24) is 15.5 Å². The van der Waals surface area contributed by atoms with Gasteiger partial charge in [-0.3, -0.25) is 4.79 Å². The maximum atomic E-state index is 11.5. The van der Waals surface area contributed by atoms with Gasteiger partial charge in [-0.1, -0.05) is 47.6 Å². The van der Waals surface area contributed by atoms with Gasteiger partial charge < -0.3 is 14.9 Å². The topological polar surface area (TPSA) is 88.3 Å². The molecule has 0 aliphatic heterocycles. The van der Waals surface area contributed by atoms with Crippen LogP contribution in [0.25, 0.3) is 11.4 Å². The fourth-order valence-electron chi connectivity index (χ4n) is 3.33. The number of hydrogen-bond donors (Lipinski definition) is 2. The second-order valence-corrected chi connectivity index (χ2v) is 8.06. The number of carbonyl (C=O) groups is 1. The zero-order valence-corrected chi connectivity index (χ0v) is 17.3. The fraction of sp³-hybridized carbons (Fsp3) is 0.348. The third-order valence-electron chi connectivity index (χ3n) is 5.06. The van der Waals surface area contributed by atoms with E-state index in [0.717, 1.165) is 27.8 Å². The molecule has 2 N–H and O–H groups in total. The molecular weight excluding hydrogens is 366 g/mol. The van der Waals surface area contributed by atoms with Gasteiger partial charge in [0.25, 0.3) is 0 Å². The molecule has 0 amide bonds. The summed E-state index contributed by atoms with van der Waals surface area (Å²) in [7, 11) is 0. The summed E-state index contributed by atoms with van der Waals surface area (Å²) in [4.78, 5) is 15.9. The summed E-state index contributed by atoms with van der Waals surface area (Å²) in [6, 6.07) is 13.9. The molecule has 6 nitrogen and oxygen atoms in total. The molecule has 0 saturated heterocycles. The van der Waals surface area contributed by atoms with E-state index in [1.54, 1.807) is 13.8 Å². The molecular formula is C23H27N3O3. The van der Waals surface area contributed by atoms with Crippen LogP contribution in [0.1, 0.15) is 42.0 Å². The summed E-state index contributed by atoms with van der Waals surface area (Å²) in [5.74, 6) is 0.341. The lowest BCUT2D eigenvalue weighted by atomic mass is 9.82. The Balaban J connectivity index is 1.62. The Hall–Kier alpha value is -2.99. The van der Waals surface area contributed by atoms with Gasteiger partial charge in [0.2, 0.25) is 11.7 Å². The van der Waals surface area contributed by atoms with Crippen LogP contribution in [-0.2, 0) is 24.3 Å². The molecule has 0 saturated carbocycles. The average molecular weight is 393 g/mol. The fourth-order valence-corrected chi connectivity index (χ4v) is 3.33. The zero-order valence-electron chi connectivity index (χ0n) is 17.3. The van der Waals surface area contributed by atoms with Crippen LogP contribution < -0.4 is 5.32 Å². The summed E-state index contributed by atoms with van der Waals surface area (Å²) in [6.07, 6.45) is 0.512. The molecule has 1 heterocycles. The quantitative estimate of drug-likeness (QED) is 0.593. The van der Waals surface area contributed by atoms with Crippen molar-refractivity contribution in [2.24, 2.45) is 5.41 Å². The van der Waals surface area contributed by atoms with Gasteiger partial charge in [-0.25, -0.2) is 0 Å². The van der Waals surface area contributed by atoms with Crippen LogP contribution in [0.15, 0.2) is 47.0 Å². The SMILES string of the molecule is Cc1cc(CNCc2nc(-c3ccccc3)no2)cc(C)c1CC(C)(C)C(=O)O. The molecule has 0 bridgehead atoms. The lowest BCUT2D eigenvalue weighted by Crippen LogP contribution is -2.27. The third-order valence-corrected chi connectivity index (χ3v) is 5.06. The van der Waals surface area contributed by atoms with E-state index in [9.17, 15) is 9.90 Å². The lowest BCUT2D eigenvalue weighted by molar-refractivity contribution is -0.146. The maximum Gasteiger partial charge on any atom is 0.309 e. The Labute approximate surface area is 171 Å². The number of aliphatic carboxylic acids is 1. The summed E-state index contributed by atoms with van der Waals surface area (Å²) >= 11 is 0. The van der Waals surface area contributed by atoms with Crippen LogP contribution in [0.4, 0.5) is 0 Å². The van der Waals surface area contributed by atoms with Gasteiger partial charge in [0.15, 0.2) is 0 Å². The van der Waals surface area contributed by atoms with Gasteiger partial charge in [0, 0.05) is 12.1 Å². The molecule has 2 aromatic carbocycles. The molecule has 0 aliphatic rings. The molecule has 0 unspecified atom stereocenters. The Bertz CT molecular complexity index is 971. The van der Waals surface area contributed by atoms with Gasteiger partial charge in [-0.15, -0.1) is 0 Å². The lowest BCUT2D eigenvalue weighted by Gasteiger charge is -2.22. The minimum absolute atomic E-state index is 0.478. The van der Waals surface area contributed by atoms with Gasteiger partial charge in [-0.05, 0) is 56.4 Å². The van der Waals surface area contributed by atoms with E-state index in [1.807, 2.05) is 44.2 Å². The summed E-state index contributed by atoms with van der Waals surface area (Å²) in [5.41, 5.74) is 4.60. The molecule has 0 atom stereocenters. The van der Waals surface area contributed by atoms with Crippen molar-refractivity contribution in [3.05, 3.63) is 70.6 Å². The minimum Gasteiger partial charge on any atom is -0.481 e. The smallest absolute Gasteiger partial charge is 0.309 e.